The van der Waals surface area contributed by atoms with Crippen LogP contribution in [0.15, 0.2) is 30.3 Å². The number of piperidine rings is 1. The van der Waals surface area contributed by atoms with E-state index in [0.717, 1.165) is 45.4 Å². The molecule has 26 heavy (non-hydrogen) atoms. The molecular formula is C20H31Cl2N3O. The van der Waals surface area contributed by atoms with E-state index in [1.165, 1.54) is 18.4 Å². The summed E-state index contributed by atoms with van der Waals surface area (Å²) < 4.78 is 0. The van der Waals surface area contributed by atoms with E-state index in [1.807, 2.05) is 0 Å². The van der Waals surface area contributed by atoms with Crippen LogP contribution in [-0.2, 0) is 4.79 Å². The first-order valence-corrected chi connectivity index (χ1v) is 9.57. The van der Waals surface area contributed by atoms with E-state index in [9.17, 15) is 4.79 Å². The first-order valence-electron chi connectivity index (χ1n) is 9.57. The fourth-order valence-corrected chi connectivity index (χ4v) is 5.06. The summed E-state index contributed by atoms with van der Waals surface area (Å²) in [6.07, 6.45) is 5.55. The molecule has 1 aromatic carbocycles. The van der Waals surface area contributed by atoms with Gasteiger partial charge in [-0.2, -0.15) is 0 Å². The maximum Gasteiger partial charge on any atom is 0.227 e. The van der Waals surface area contributed by atoms with Crippen molar-refractivity contribution in [3.05, 3.63) is 35.9 Å². The molecule has 0 aliphatic carbocycles. The highest BCUT2D eigenvalue weighted by atomic mass is 35.5. The van der Waals surface area contributed by atoms with E-state index in [4.69, 9.17) is 5.73 Å². The summed E-state index contributed by atoms with van der Waals surface area (Å²) in [4.78, 5) is 17.9. The summed E-state index contributed by atoms with van der Waals surface area (Å²) >= 11 is 0. The molecule has 0 radical (unpaired) electrons. The summed E-state index contributed by atoms with van der Waals surface area (Å²) in [7, 11) is 0. The molecule has 0 bridgehead atoms. The normalized spacial score (nSPS) is 29.0. The van der Waals surface area contributed by atoms with Crippen molar-refractivity contribution in [2.24, 2.45) is 17.6 Å². The van der Waals surface area contributed by atoms with Gasteiger partial charge in [-0.3, -0.25) is 9.69 Å². The van der Waals surface area contributed by atoms with Crippen LogP contribution in [0.4, 0.5) is 0 Å². The molecule has 4 nitrogen and oxygen atoms in total. The Morgan fingerprint density at radius 2 is 1.73 bits per heavy atom. The van der Waals surface area contributed by atoms with Gasteiger partial charge in [0.05, 0.1) is 5.92 Å². The lowest BCUT2D eigenvalue weighted by Gasteiger charge is -2.34. The van der Waals surface area contributed by atoms with Gasteiger partial charge < -0.3 is 10.6 Å². The Hall–Kier alpha value is -0.810. The number of likely N-dealkylation sites (tertiary alicyclic amines) is 1. The summed E-state index contributed by atoms with van der Waals surface area (Å²) in [5.74, 6) is 1.20. The number of rotatable bonds is 3. The zero-order chi connectivity index (χ0) is 16.5. The van der Waals surface area contributed by atoms with Crippen LogP contribution < -0.4 is 5.73 Å². The van der Waals surface area contributed by atoms with Crippen LogP contribution in [0, 0.1) is 11.8 Å². The number of halogens is 2. The monoisotopic (exact) mass is 399 g/mol. The van der Waals surface area contributed by atoms with Gasteiger partial charge in [0, 0.05) is 25.2 Å². The topological polar surface area (TPSA) is 49.6 Å². The van der Waals surface area contributed by atoms with Crippen LogP contribution in [0.25, 0.3) is 0 Å². The van der Waals surface area contributed by atoms with Gasteiger partial charge in [-0.25, -0.2) is 0 Å². The number of carbonyl (C=O) groups excluding carboxylic acids is 1. The van der Waals surface area contributed by atoms with Crippen molar-refractivity contribution in [1.82, 2.24) is 9.80 Å². The number of hydrogen-bond donors (Lipinski definition) is 1. The van der Waals surface area contributed by atoms with Gasteiger partial charge in [-0.05, 0) is 56.7 Å². The SMILES string of the molecule is Cl.Cl.NCC1CCN(C(=O)[C@H]2C[C@@H](c3ccccc3)N3CCC[C@H]23)CC1. The molecule has 3 aliphatic heterocycles. The second-order valence-corrected chi connectivity index (χ2v) is 7.72. The van der Waals surface area contributed by atoms with Gasteiger partial charge in [0.1, 0.15) is 0 Å². The van der Waals surface area contributed by atoms with Crippen molar-refractivity contribution in [2.45, 2.75) is 44.2 Å². The number of benzene rings is 1. The molecular weight excluding hydrogens is 369 g/mol. The maximum atomic E-state index is 13.2. The standard InChI is InChI=1S/C20H29N3O.2ClH/c21-14-15-8-11-22(12-9-15)20(24)17-13-19(16-5-2-1-3-6-16)23-10-4-7-18(17)23;;/h1-3,5-6,15,17-19H,4,7-14,21H2;2*1H/t17-,18+,19-;;/m0../s1. The minimum Gasteiger partial charge on any atom is -0.342 e. The quantitative estimate of drug-likeness (QED) is 0.848. The summed E-state index contributed by atoms with van der Waals surface area (Å²) in [5.41, 5.74) is 7.17. The first-order chi connectivity index (χ1) is 11.8. The molecule has 146 valence electrons. The van der Waals surface area contributed by atoms with Gasteiger partial charge in [0.2, 0.25) is 5.91 Å². The zero-order valence-corrected chi connectivity index (χ0v) is 16.9. The van der Waals surface area contributed by atoms with Crippen LogP contribution in [-0.4, -0.2) is 47.9 Å². The first kappa shape index (κ1) is 21.5. The average molecular weight is 400 g/mol. The number of hydrogen-bond acceptors (Lipinski definition) is 3. The summed E-state index contributed by atoms with van der Waals surface area (Å²) in [5, 5.41) is 0. The summed E-state index contributed by atoms with van der Waals surface area (Å²) in [6, 6.07) is 11.6. The third-order valence-corrected chi connectivity index (χ3v) is 6.45. The Bertz CT molecular complexity index is 578. The largest absolute Gasteiger partial charge is 0.342 e. The van der Waals surface area contributed by atoms with Crippen LogP contribution in [0.3, 0.4) is 0 Å². The van der Waals surface area contributed by atoms with E-state index in [0.29, 0.717) is 23.9 Å². The molecule has 3 aliphatic rings. The van der Waals surface area contributed by atoms with Gasteiger partial charge in [-0.15, -0.1) is 24.8 Å². The van der Waals surface area contributed by atoms with E-state index in [2.05, 4.69) is 40.1 Å². The molecule has 0 aromatic heterocycles. The molecule has 1 aromatic rings. The molecule has 0 unspecified atom stereocenters. The molecule has 0 saturated carbocycles. The van der Waals surface area contributed by atoms with Crippen molar-refractivity contribution in [3.8, 4) is 0 Å². The molecule has 1 amide bonds. The molecule has 6 heteroatoms. The Morgan fingerprint density at radius 3 is 2.38 bits per heavy atom. The maximum absolute atomic E-state index is 13.2. The Labute approximate surface area is 169 Å². The minimum atomic E-state index is 0. The van der Waals surface area contributed by atoms with Crippen LogP contribution >= 0.6 is 24.8 Å². The molecule has 2 N–H and O–H groups in total. The highest BCUT2D eigenvalue weighted by molar-refractivity contribution is 5.85. The number of nitrogens with two attached hydrogens (primary N) is 1. The Morgan fingerprint density at radius 1 is 1.04 bits per heavy atom. The Kier molecular flexibility index (Phi) is 7.77. The Balaban J connectivity index is 0.00000121. The average Bonchev–Trinajstić information content (AvgIpc) is 3.24. The molecule has 4 rings (SSSR count). The van der Waals surface area contributed by atoms with Gasteiger partial charge >= 0.3 is 0 Å². The van der Waals surface area contributed by atoms with Crippen LogP contribution in [0.5, 0.6) is 0 Å². The third-order valence-electron chi connectivity index (χ3n) is 6.45. The van der Waals surface area contributed by atoms with Crippen molar-refractivity contribution in [1.29, 1.82) is 0 Å². The lowest BCUT2D eigenvalue weighted by molar-refractivity contribution is -0.137. The molecule has 3 fully saturated rings. The highest BCUT2D eigenvalue weighted by Crippen LogP contribution is 2.45. The molecule has 3 saturated heterocycles. The lowest BCUT2D eigenvalue weighted by atomic mass is 9.91. The second kappa shape index (κ2) is 9.41. The molecule has 3 atom stereocenters. The van der Waals surface area contributed by atoms with Crippen molar-refractivity contribution in [3.63, 3.8) is 0 Å². The van der Waals surface area contributed by atoms with E-state index in [1.54, 1.807) is 0 Å². The fourth-order valence-electron chi connectivity index (χ4n) is 5.06. The molecule has 0 spiro atoms. The fraction of sp³-hybridized carbons (Fsp3) is 0.650. The van der Waals surface area contributed by atoms with E-state index in [-0.39, 0.29) is 30.7 Å². The zero-order valence-electron chi connectivity index (χ0n) is 15.3. The second-order valence-electron chi connectivity index (χ2n) is 7.72. The van der Waals surface area contributed by atoms with Gasteiger partial charge in [-0.1, -0.05) is 30.3 Å². The van der Waals surface area contributed by atoms with Crippen molar-refractivity contribution >= 4 is 30.7 Å². The van der Waals surface area contributed by atoms with Crippen LogP contribution in [0.1, 0.15) is 43.7 Å². The highest BCUT2D eigenvalue weighted by Gasteiger charge is 2.48. The number of fused-ring (bicyclic) bond motifs is 1. The number of carbonyl (C=O) groups is 1. The van der Waals surface area contributed by atoms with Crippen molar-refractivity contribution < 1.29 is 4.79 Å². The third kappa shape index (κ3) is 4.04. The predicted octanol–water partition coefficient (Wildman–Crippen LogP) is 3.25. The summed E-state index contributed by atoms with van der Waals surface area (Å²) in [6.45, 7) is 3.71. The lowest BCUT2D eigenvalue weighted by Crippen LogP contribution is -2.45. The minimum absolute atomic E-state index is 0. The number of amides is 1. The molecule has 3 heterocycles. The van der Waals surface area contributed by atoms with E-state index < -0.39 is 0 Å². The van der Waals surface area contributed by atoms with Gasteiger partial charge in [0.25, 0.3) is 0 Å². The number of nitrogens with zero attached hydrogens (tertiary/aromatic N) is 2. The van der Waals surface area contributed by atoms with Crippen LogP contribution in [0.2, 0.25) is 0 Å². The van der Waals surface area contributed by atoms with Gasteiger partial charge in [0.15, 0.2) is 0 Å². The smallest absolute Gasteiger partial charge is 0.227 e. The van der Waals surface area contributed by atoms with Crippen molar-refractivity contribution in [2.75, 3.05) is 26.2 Å². The predicted molar refractivity (Wildman–Crippen MR) is 110 cm³/mol. The van der Waals surface area contributed by atoms with E-state index >= 15 is 0 Å².